The lowest BCUT2D eigenvalue weighted by Gasteiger charge is -2.17. The highest BCUT2D eigenvalue weighted by Gasteiger charge is 2.13. The van der Waals surface area contributed by atoms with Gasteiger partial charge in [0.2, 0.25) is 0 Å². The summed E-state index contributed by atoms with van der Waals surface area (Å²) in [5, 5.41) is 22.8. The van der Waals surface area contributed by atoms with E-state index in [4.69, 9.17) is 4.74 Å². The number of methoxy groups -OCH3 is 1. The average molecular weight is 406 g/mol. The molecule has 3 aromatic rings. The number of hydrogen-bond acceptors (Lipinski definition) is 5. The largest absolute Gasteiger partial charge is 0.496 e. The van der Waals surface area contributed by atoms with Crippen molar-refractivity contribution in [3.8, 4) is 16.9 Å². The third-order valence-corrected chi connectivity index (χ3v) is 4.99. The first-order chi connectivity index (χ1) is 14.5. The van der Waals surface area contributed by atoms with Crippen LogP contribution in [-0.4, -0.2) is 40.9 Å². The normalized spacial score (nSPS) is 12.9. The lowest BCUT2D eigenvalue weighted by Crippen LogP contribution is -2.32. The summed E-state index contributed by atoms with van der Waals surface area (Å²) < 4.78 is 5.21. The topological polar surface area (TPSA) is 91.7 Å². The van der Waals surface area contributed by atoms with Gasteiger partial charge in [0.15, 0.2) is 0 Å². The number of ether oxygens (including phenoxy) is 1. The Morgan fingerprint density at radius 3 is 2.50 bits per heavy atom. The molecule has 30 heavy (non-hydrogen) atoms. The average Bonchev–Trinajstić information content (AvgIpc) is 2.78. The molecule has 2 atom stereocenters. The van der Waals surface area contributed by atoms with Gasteiger partial charge in [-0.1, -0.05) is 36.4 Å². The number of carboxylic acid groups (broad SMARTS) is 1. The number of nitrogens with zero attached hydrogens (tertiary/aromatic N) is 1. The Balaban J connectivity index is 1.60. The fourth-order valence-corrected chi connectivity index (χ4v) is 3.31. The summed E-state index contributed by atoms with van der Waals surface area (Å²) >= 11 is 0. The SMILES string of the molecule is COc1cc(-c2ccc(CC(C)NCC(O)c3cccnc3)cc2)ccc1C(=O)O. The van der Waals surface area contributed by atoms with Crippen LogP contribution in [0.15, 0.2) is 67.0 Å². The molecule has 3 N–H and O–H groups in total. The van der Waals surface area contributed by atoms with Crippen LogP contribution in [0.4, 0.5) is 0 Å². The zero-order valence-electron chi connectivity index (χ0n) is 17.1. The van der Waals surface area contributed by atoms with Gasteiger partial charge in [0.05, 0.1) is 13.2 Å². The molecule has 2 unspecified atom stereocenters. The summed E-state index contributed by atoms with van der Waals surface area (Å²) in [7, 11) is 1.47. The Bertz CT molecular complexity index is 974. The summed E-state index contributed by atoms with van der Waals surface area (Å²) in [4.78, 5) is 15.3. The number of aromatic nitrogens is 1. The number of aromatic carboxylic acids is 1. The molecule has 0 aliphatic rings. The van der Waals surface area contributed by atoms with Crippen LogP contribution in [0.1, 0.15) is 34.5 Å². The highest BCUT2D eigenvalue weighted by atomic mass is 16.5. The molecule has 2 aromatic carbocycles. The summed E-state index contributed by atoms with van der Waals surface area (Å²) in [5.74, 6) is -0.669. The molecule has 0 saturated carbocycles. The van der Waals surface area contributed by atoms with Crippen LogP contribution in [0, 0.1) is 0 Å². The van der Waals surface area contributed by atoms with E-state index in [1.807, 2.05) is 24.3 Å². The third-order valence-electron chi connectivity index (χ3n) is 4.99. The number of pyridine rings is 1. The second-order valence-electron chi connectivity index (χ2n) is 7.23. The van der Waals surface area contributed by atoms with Crippen LogP contribution < -0.4 is 10.1 Å². The van der Waals surface area contributed by atoms with Crippen molar-refractivity contribution >= 4 is 5.97 Å². The molecule has 0 aliphatic heterocycles. The van der Waals surface area contributed by atoms with Crippen molar-refractivity contribution in [3.63, 3.8) is 0 Å². The molecule has 0 bridgehead atoms. The summed E-state index contributed by atoms with van der Waals surface area (Å²) in [6.07, 6.45) is 3.59. The number of hydrogen-bond donors (Lipinski definition) is 3. The van der Waals surface area contributed by atoms with Crippen LogP contribution >= 0.6 is 0 Å². The maximum atomic E-state index is 11.2. The molecule has 0 aliphatic carbocycles. The molecular formula is C24H26N2O4. The van der Waals surface area contributed by atoms with Gasteiger partial charge in [-0.25, -0.2) is 4.79 Å². The molecule has 1 heterocycles. The molecule has 0 radical (unpaired) electrons. The van der Waals surface area contributed by atoms with E-state index in [9.17, 15) is 15.0 Å². The van der Waals surface area contributed by atoms with Crippen molar-refractivity contribution in [2.45, 2.75) is 25.5 Å². The van der Waals surface area contributed by atoms with Gasteiger partial charge in [-0.05, 0) is 48.2 Å². The van der Waals surface area contributed by atoms with E-state index in [-0.39, 0.29) is 11.6 Å². The molecule has 3 rings (SSSR count). The van der Waals surface area contributed by atoms with Gasteiger partial charge in [-0.3, -0.25) is 4.98 Å². The fourth-order valence-electron chi connectivity index (χ4n) is 3.31. The smallest absolute Gasteiger partial charge is 0.339 e. The van der Waals surface area contributed by atoms with E-state index < -0.39 is 12.1 Å². The van der Waals surface area contributed by atoms with Crippen LogP contribution in [0.2, 0.25) is 0 Å². The lowest BCUT2D eigenvalue weighted by atomic mass is 9.99. The number of nitrogens with one attached hydrogen (secondary N) is 1. The van der Waals surface area contributed by atoms with Gasteiger partial charge < -0.3 is 20.3 Å². The van der Waals surface area contributed by atoms with E-state index in [1.54, 1.807) is 30.6 Å². The van der Waals surface area contributed by atoms with Gasteiger partial charge >= 0.3 is 5.97 Å². The van der Waals surface area contributed by atoms with Crippen molar-refractivity contribution in [1.29, 1.82) is 0 Å². The standard InChI is InChI=1S/C24H26N2O4/c1-16(26-15-22(27)20-4-3-11-25-14-20)12-17-5-7-18(8-6-17)19-9-10-21(24(28)29)23(13-19)30-2/h3-11,13-14,16,22,26-27H,12,15H2,1-2H3,(H,28,29). The Hall–Kier alpha value is -3.22. The molecular weight excluding hydrogens is 380 g/mol. The Labute approximate surface area is 176 Å². The molecule has 0 fully saturated rings. The van der Waals surface area contributed by atoms with Gasteiger partial charge in [-0.15, -0.1) is 0 Å². The predicted octanol–water partition coefficient (Wildman–Crippen LogP) is 3.71. The van der Waals surface area contributed by atoms with Crippen LogP contribution in [0.5, 0.6) is 5.75 Å². The first-order valence-corrected chi connectivity index (χ1v) is 9.80. The van der Waals surface area contributed by atoms with Crippen LogP contribution in [0.3, 0.4) is 0 Å². The van der Waals surface area contributed by atoms with Gasteiger partial charge in [0, 0.05) is 30.5 Å². The maximum absolute atomic E-state index is 11.2. The Morgan fingerprint density at radius 2 is 1.87 bits per heavy atom. The van der Waals surface area contributed by atoms with Crippen molar-refractivity contribution in [2.24, 2.45) is 0 Å². The van der Waals surface area contributed by atoms with Crippen molar-refractivity contribution < 1.29 is 19.7 Å². The van der Waals surface area contributed by atoms with Gasteiger partial charge in [-0.2, -0.15) is 0 Å². The molecule has 6 heteroatoms. The second-order valence-corrected chi connectivity index (χ2v) is 7.23. The quantitative estimate of drug-likeness (QED) is 0.502. The van der Waals surface area contributed by atoms with Crippen molar-refractivity contribution in [2.75, 3.05) is 13.7 Å². The highest BCUT2D eigenvalue weighted by Crippen LogP contribution is 2.27. The second kappa shape index (κ2) is 10.0. The van der Waals surface area contributed by atoms with E-state index in [1.165, 1.54) is 12.7 Å². The number of benzene rings is 2. The number of aliphatic hydroxyl groups excluding tert-OH is 1. The monoisotopic (exact) mass is 406 g/mol. The minimum atomic E-state index is -1.01. The zero-order chi connectivity index (χ0) is 21.5. The minimum absolute atomic E-state index is 0.145. The van der Waals surface area contributed by atoms with E-state index in [2.05, 4.69) is 29.4 Å². The first kappa shape index (κ1) is 21.5. The molecule has 0 spiro atoms. The molecule has 0 saturated heterocycles. The van der Waals surface area contributed by atoms with E-state index >= 15 is 0 Å². The highest BCUT2D eigenvalue weighted by molar-refractivity contribution is 5.92. The van der Waals surface area contributed by atoms with Crippen LogP contribution in [-0.2, 0) is 6.42 Å². The third kappa shape index (κ3) is 5.43. The van der Waals surface area contributed by atoms with E-state index in [0.29, 0.717) is 12.3 Å². The zero-order valence-corrected chi connectivity index (χ0v) is 17.1. The van der Waals surface area contributed by atoms with Gasteiger partial charge in [0.1, 0.15) is 11.3 Å². The number of aliphatic hydroxyl groups is 1. The van der Waals surface area contributed by atoms with Crippen molar-refractivity contribution in [3.05, 3.63) is 83.7 Å². The predicted molar refractivity (Wildman–Crippen MR) is 116 cm³/mol. The minimum Gasteiger partial charge on any atom is -0.496 e. The molecule has 1 aromatic heterocycles. The fraction of sp³-hybridized carbons (Fsp3) is 0.250. The van der Waals surface area contributed by atoms with Crippen LogP contribution in [0.25, 0.3) is 11.1 Å². The Kier molecular flexibility index (Phi) is 7.17. The number of carboxylic acids is 1. The van der Waals surface area contributed by atoms with Crippen molar-refractivity contribution in [1.82, 2.24) is 10.3 Å². The maximum Gasteiger partial charge on any atom is 0.339 e. The molecule has 0 amide bonds. The molecule has 156 valence electrons. The lowest BCUT2D eigenvalue weighted by molar-refractivity contribution is 0.0693. The summed E-state index contributed by atoms with van der Waals surface area (Å²) in [5.41, 5.74) is 4.00. The number of carbonyl (C=O) groups is 1. The summed E-state index contributed by atoms with van der Waals surface area (Å²) in [6.45, 7) is 2.54. The van der Waals surface area contributed by atoms with E-state index in [0.717, 1.165) is 23.1 Å². The summed E-state index contributed by atoms with van der Waals surface area (Å²) in [6, 6.07) is 17.1. The Morgan fingerprint density at radius 1 is 1.13 bits per heavy atom. The molecule has 6 nitrogen and oxygen atoms in total. The van der Waals surface area contributed by atoms with Gasteiger partial charge in [0.25, 0.3) is 0 Å². The number of rotatable bonds is 9. The first-order valence-electron chi connectivity index (χ1n) is 9.80.